The number of ether oxygens (including phenoxy) is 1. The van der Waals surface area contributed by atoms with Gasteiger partial charge in [-0.05, 0) is 50.2 Å². The molecule has 1 saturated heterocycles. The van der Waals surface area contributed by atoms with Crippen molar-refractivity contribution in [3.05, 3.63) is 36.2 Å². The van der Waals surface area contributed by atoms with Gasteiger partial charge in [0.15, 0.2) is 5.69 Å². The van der Waals surface area contributed by atoms with Gasteiger partial charge in [-0.1, -0.05) is 5.21 Å². The maximum absolute atomic E-state index is 12.3. The highest BCUT2D eigenvalue weighted by Crippen LogP contribution is 2.20. The van der Waals surface area contributed by atoms with Gasteiger partial charge >= 0.3 is 0 Å². The first-order chi connectivity index (χ1) is 11.6. The molecule has 7 nitrogen and oxygen atoms in total. The zero-order valence-electron chi connectivity index (χ0n) is 14.2. The quantitative estimate of drug-likeness (QED) is 0.805. The number of anilines is 1. The Hall–Kier alpha value is -2.41. The zero-order chi connectivity index (χ0) is 16.9. The third-order valence-corrected chi connectivity index (χ3v) is 4.23. The van der Waals surface area contributed by atoms with Gasteiger partial charge in [0, 0.05) is 26.3 Å². The molecule has 1 aromatic carbocycles. The van der Waals surface area contributed by atoms with Gasteiger partial charge in [0.1, 0.15) is 12.4 Å². The molecule has 1 fully saturated rings. The van der Waals surface area contributed by atoms with Crippen molar-refractivity contribution in [3.8, 4) is 5.75 Å². The predicted octanol–water partition coefficient (Wildman–Crippen LogP) is 1.57. The van der Waals surface area contributed by atoms with E-state index in [-0.39, 0.29) is 5.91 Å². The standard InChI is InChI=1S/C17H23N5O2/c1-20-13-16(18-19-20)17(23)21(2)14-5-7-15(8-6-14)24-12-11-22-9-3-4-10-22/h5-8,13H,3-4,9-12H2,1-2H3. The van der Waals surface area contributed by atoms with Crippen LogP contribution in [0, 0.1) is 0 Å². The summed E-state index contributed by atoms with van der Waals surface area (Å²) < 4.78 is 7.29. The predicted molar refractivity (Wildman–Crippen MR) is 91.3 cm³/mol. The van der Waals surface area contributed by atoms with Crippen molar-refractivity contribution in [2.75, 3.05) is 38.2 Å². The Morgan fingerprint density at radius 1 is 1.25 bits per heavy atom. The van der Waals surface area contributed by atoms with Crippen LogP contribution in [0.15, 0.2) is 30.5 Å². The Kier molecular flexibility index (Phi) is 5.10. The smallest absolute Gasteiger partial charge is 0.280 e. The van der Waals surface area contributed by atoms with E-state index in [2.05, 4.69) is 15.2 Å². The number of hydrogen-bond acceptors (Lipinski definition) is 5. The first-order valence-corrected chi connectivity index (χ1v) is 8.23. The maximum atomic E-state index is 12.3. The lowest BCUT2D eigenvalue weighted by molar-refractivity contribution is 0.0988. The van der Waals surface area contributed by atoms with E-state index in [4.69, 9.17) is 4.74 Å². The molecule has 2 heterocycles. The first-order valence-electron chi connectivity index (χ1n) is 8.23. The number of rotatable bonds is 6. The van der Waals surface area contributed by atoms with Crippen LogP contribution in [0.5, 0.6) is 5.75 Å². The minimum Gasteiger partial charge on any atom is -0.492 e. The number of carbonyl (C=O) groups excluding carboxylic acids is 1. The van der Waals surface area contributed by atoms with E-state index < -0.39 is 0 Å². The van der Waals surface area contributed by atoms with Crippen LogP contribution < -0.4 is 9.64 Å². The summed E-state index contributed by atoms with van der Waals surface area (Å²) in [5.74, 6) is 0.629. The summed E-state index contributed by atoms with van der Waals surface area (Å²) >= 11 is 0. The van der Waals surface area contributed by atoms with E-state index >= 15 is 0 Å². The second-order valence-corrected chi connectivity index (χ2v) is 6.03. The van der Waals surface area contributed by atoms with Crippen molar-refractivity contribution in [2.45, 2.75) is 12.8 Å². The van der Waals surface area contributed by atoms with E-state index in [0.717, 1.165) is 18.0 Å². The highest BCUT2D eigenvalue weighted by atomic mass is 16.5. The van der Waals surface area contributed by atoms with Crippen molar-refractivity contribution in [1.82, 2.24) is 19.9 Å². The van der Waals surface area contributed by atoms with E-state index in [0.29, 0.717) is 12.3 Å². The number of benzene rings is 1. The molecule has 0 bridgehead atoms. The molecule has 128 valence electrons. The van der Waals surface area contributed by atoms with Crippen LogP contribution in [0.4, 0.5) is 5.69 Å². The monoisotopic (exact) mass is 329 g/mol. The number of amides is 1. The van der Waals surface area contributed by atoms with Gasteiger partial charge in [-0.2, -0.15) is 0 Å². The highest BCUT2D eigenvalue weighted by Gasteiger charge is 2.17. The summed E-state index contributed by atoms with van der Waals surface area (Å²) in [6.07, 6.45) is 4.19. The number of aryl methyl sites for hydroxylation is 1. The second-order valence-electron chi connectivity index (χ2n) is 6.03. The Labute approximate surface area is 141 Å². The Bertz CT molecular complexity index is 677. The van der Waals surface area contributed by atoms with E-state index in [1.807, 2.05) is 24.3 Å². The topological polar surface area (TPSA) is 63.5 Å². The van der Waals surface area contributed by atoms with E-state index in [9.17, 15) is 4.79 Å². The lowest BCUT2D eigenvalue weighted by Crippen LogP contribution is -2.26. The Morgan fingerprint density at radius 2 is 1.96 bits per heavy atom. The lowest BCUT2D eigenvalue weighted by Gasteiger charge is -2.17. The van der Waals surface area contributed by atoms with Crippen LogP contribution in [0.3, 0.4) is 0 Å². The number of nitrogens with zero attached hydrogens (tertiary/aromatic N) is 5. The molecule has 7 heteroatoms. The molecule has 0 atom stereocenters. The molecular weight excluding hydrogens is 306 g/mol. The first kappa shape index (κ1) is 16.4. The van der Waals surface area contributed by atoms with Crippen LogP contribution in [0.1, 0.15) is 23.3 Å². The third-order valence-electron chi connectivity index (χ3n) is 4.23. The SMILES string of the molecule is CN(C(=O)c1cn(C)nn1)c1ccc(OCCN2CCCC2)cc1. The zero-order valence-corrected chi connectivity index (χ0v) is 14.2. The molecule has 1 amide bonds. The molecule has 0 N–H and O–H groups in total. The summed E-state index contributed by atoms with van der Waals surface area (Å²) in [5, 5.41) is 7.64. The van der Waals surface area contributed by atoms with Gasteiger partial charge in [0.05, 0.1) is 6.20 Å². The third kappa shape index (κ3) is 3.91. The molecule has 1 aliphatic heterocycles. The summed E-state index contributed by atoms with van der Waals surface area (Å²) in [5.41, 5.74) is 1.11. The van der Waals surface area contributed by atoms with Gasteiger partial charge in [-0.3, -0.25) is 14.4 Å². The number of hydrogen-bond donors (Lipinski definition) is 0. The summed E-state index contributed by atoms with van der Waals surface area (Å²) in [6, 6.07) is 7.53. The minimum atomic E-state index is -0.189. The summed E-state index contributed by atoms with van der Waals surface area (Å²) in [6.45, 7) is 4.01. The van der Waals surface area contributed by atoms with Gasteiger partial charge in [-0.15, -0.1) is 5.10 Å². The molecule has 0 radical (unpaired) electrons. The molecule has 0 unspecified atom stereocenters. The van der Waals surface area contributed by atoms with E-state index in [1.165, 1.54) is 30.6 Å². The van der Waals surface area contributed by atoms with Crippen LogP contribution in [-0.2, 0) is 7.05 Å². The largest absolute Gasteiger partial charge is 0.492 e. The fourth-order valence-electron chi connectivity index (χ4n) is 2.80. The average molecular weight is 329 g/mol. The fourth-order valence-corrected chi connectivity index (χ4v) is 2.80. The molecule has 0 aliphatic carbocycles. The van der Waals surface area contributed by atoms with Gasteiger partial charge < -0.3 is 9.64 Å². The summed E-state index contributed by atoms with van der Waals surface area (Å²) in [7, 11) is 3.46. The summed E-state index contributed by atoms with van der Waals surface area (Å²) in [4.78, 5) is 16.3. The normalized spacial score (nSPS) is 14.8. The molecule has 1 aliphatic rings. The average Bonchev–Trinajstić information content (AvgIpc) is 3.26. The van der Waals surface area contributed by atoms with Crippen LogP contribution >= 0.6 is 0 Å². The van der Waals surface area contributed by atoms with Crippen molar-refractivity contribution in [1.29, 1.82) is 0 Å². The Balaban J connectivity index is 1.54. The van der Waals surface area contributed by atoms with Crippen molar-refractivity contribution in [2.24, 2.45) is 7.05 Å². The number of carbonyl (C=O) groups is 1. The highest BCUT2D eigenvalue weighted by molar-refractivity contribution is 6.04. The van der Waals surface area contributed by atoms with Crippen LogP contribution in [0.2, 0.25) is 0 Å². The fraction of sp³-hybridized carbons (Fsp3) is 0.471. The molecule has 3 rings (SSSR count). The van der Waals surface area contributed by atoms with E-state index in [1.54, 1.807) is 25.2 Å². The van der Waals surface area contributed by atoms with Gasteiger partial charge in [0.2, 0.25) is 0 Å². The molecule has 0 spiro atoms. The minimum absolute atomic E-state index is 0.189. The number of aromatic nitrogens is 3. The maximum Gasteiger partial charge on any atom is 0.280 e. The number of likely N-dealkylation sites (tertiary alicyclic amines) is 1. The molecule has 2 aromatic rings. The van der Waals surface area contributed by atoms with Crippen LogP contribution in [0.25, 0.3) is 0 Å². The molecular formula is C17H23N5O2. The van der Waals surface area contributed by atoms with Crippen LogP contribution in [-0.4, -0.2) is 59.1 Å². The molecule has 0 saturated carbocycles. The van der Waals surface area contributed by atoms with Crippen molar-refractivity contribution < 1.29 is 9.53 Å². The Morgan fingerprint density at radius 3 is 2.58 bits per heavy atom. The van der Waals surface area contributed by atoms with Crippen molar-refractivity contribution >= 4 is 11.6 Å². The second kappa shape index (κ2) is 7.44. The molecule has 24 heavy (non-hydrogen) atoms. The van der Waals surface area contributed by atoms with Gasteiger partial charge in [0.25, 0.3) is 5.91 Å². The molecule has 1 aromatic heterocycles. The van der Waals surface area contributed by atoms with Crippen molar-refractivity contribution in [3.63, 3.8) is 0 Å². The van der Waals surface area contributed by atoms with Gasteiger partial charge in [-0.25, -0.2) is 0 Å². The lowest BCUT2D eigenvalue weighted by atomic mass is 10.2.